The zero-order chi connectivity index (χ0) is 17.7. The number of amides is 2. The van der Waals surface area contributed by atoms with E-state index in [1.54, 1.807) is 23.4 Å². The Balaban J connectivity index is 1.98. The van der Waals surface area contributed by atoms with Gasteiger partial charge >= 0.3 is 0 Å². The van der Waals surface area contributed by atoms with Gasteiger partial charge in [0.05, 0.1) is 6.20 Å². The molecule has 1 saturated heterocycles. The second-order valence-electron chi connectivity index (χ2n) is 7.23. The number of hydrogen-bond acceptors (Lipinski definition) is 4. The Morgan fingerprint density at radius 3 is 2.83 bits per heavy atom. The van der Waals surface area contributed by atoms with Gasteiger partial charge in [0.1, 0.15) is 17.0 Å². The monoisotopic (exact) mass is 333 g/mol. The van der Waals surface area contributed by atoms with Crippen LogP contribution in [0.25, 0.3) is 0 Å². The van der Waals surface area contributed by atoms with E-state index in [4.69, 9.17) is 4.74 Å². The third kappa shape index (κ3) is 5.22. The fraction of sp³-hybridized carbons (Fsp3) is 0.611. The lowest BCUT2D eigenvalue weighted by atomic mass is 10.1. The molecule has 132 valence electrons. The molecule has 1 fully saturated rings. The van der Waals surface area contributed by atoms with Gasteiger partial charge in [-0.15, -0.1) is 0 Å². The Kier molecular flexibility index (Phi) is 5.80. The fourth-order valence-corrected chi connectivity index (χ4v) is 2.77. The Labute approximate surface area is 143 Å². The van der Waals surface area contributed by atoms with E-state index in [1.807, 2.05) is 27.7 Å². The Morgan fingerprint density at radius 2 is 2.17 bits per heavy atom. The van der Waals surface area contributed by atoms with Crippen LogP contribution in [0, 0.1) is 0 Å². The number of likely N-dealkylation sites (tertiary alicyclic amines) is 1. The lowest BCUT2D eigenvalue weighted by molar-refractivity contribution is -0.136. The zero-order valence-electron chi connectivity index (χ0n) is 15.0. The SMILES string of the molecule is CC(CC(=O)Nc1cnccc1OC(C)(C)C)N1CCCCC1=O. The average molecular weight is 333 g/mol. The fourth-order valence-electron chi connectivity index (χ4n) is 2.77. The first-order valence-corrected chi connectivity index (χ1v) is 8.48. The highest BCUT2D eigenvalue weighted by Crippen LogP contribution is 2.27. The molecular weight excluding hydrogens is 306 g/mol. The lowest BCUT2D eigenvalue weighted by Gasteiger charge is -2.32. The van der Waals surface area contributed by atoms with E-state index in [0.717, 1.165) is 19.4 Å². The van der Waals surface area contributed by atoms with Crippen molar-refractivity contribution < 1.29 is 14.3 Å². The van der Waals surface area contributed by atoms with Gasteiger partial charge in [-0.05, 0) is 40.5 Å². The number of aromatic nitrogens is 1. The third-order valence-corrected chi connectivity index (χ3v) is 3.84. The molecule has 1 aromatic rings. The molecule has 1 atom stereocenters. The van der Waals surface area contributed by atoms with E-state index in [2.05, 4.69) is 10.3 Å². The summed E-state index contributed by atoms with van der Waals surface area (Å²) in [6.07, 6.45) is 6.00. The summed E-state index contributed by atoms with van der Waals surface area (Å²) in [6, 6.07) is 1.62. The highest BCUT2D eigenvalue weighted by molar-refractivity contribution is 5.92. The number of rotatable bonds is 5. The van der Waals surface area contributed by atoms with Crippen LogP contribution in [0.3, 0.4) is 0 Å². The minimum Gasteiger partial charge on any atom is -0.486 e. The van der Waals surface area contributed by atoms with Crippen molar-refractivity contribution in [2.24, 2.45) is 0 Å². The summed E-state index contributed by atoms with van der Waals surface area (Å²) in [6.45, 7) is 8.49. The molecule has 1 unspecified atom stereocenters. The molecule has 6 nitrogen and oxygen atoms in total. The van der Waals surface area contributed by atoms with Crippen LogP contribution in [0.4, 0.5) is 5.69 Å². The van der Waals surface area contributed by atoms with E-state index in [0.29, 0.717) is 17.9 Å². The van der Waals surface area contributed by atoms with Gasteiger partial charge < -0.3 is 15.0 Å². The van der Waals surface area contributed by atoms with Gasteiger partial charge in [0, 0.05) is 37.7 Å². The van der Waals surface area contributed by atoms with E-state index in [9.17, 15) is 9.59 Å². The topological polar surface area (TPSA) is 71.5 Å². The van der Waals surface area contributed by atoms with E-state index in [-0.39, 0.29) is 29.9 Å². The van der Waals surface area contributed by atoms with Gasteiger partial charge in [0.15, 0.2) is 0 Å². The molecule has 0 aliphatic carbocycles. The van der Waals surface area contributed by atoms with Gasteiger partial charge in [0.25, 0.3) is 0 Å². The number of ether oxygens (including phenoxy) is 1. The Bertz CT molecular complexity index is 595. The predicted molar refractivity (Wildman–Crippen MR) is 92.9 cm³/mol. The normalized spacial score (nSPS) is 16.7. The summed E-state index contributed by atoms with van der Waals surface area (Å²) in [4.78, 5) is 30.2. The maximum absolute atomic E-state index is 12.4. The number of nitrogens with one attached hydrogen (secondary N) is 1. The van der Waals surface area contributed by atoms with Crippen molar-refractivity contribution in [1.82, 2.24) is 9.88 Å². The number of pyridine rings is 1. The number of anilines is 1. The van der Waals surface area contributed by atoms with Gasteiger partial charge in [0.2, 0.25) is 11.8 Å². The van der Waals surface area contributed by atoms with Crippen LogP contribution in [0.5, 0.6) is 5.75 Å². The molecule has 2 amide bonds. The summed E-state index contributed by atoms with van der Waals surface area (Å²) >= 11 is 0. The van der Waals surface area contributed by atoms with Crippen molar-refractivity contribution in [3.05, 3.63) is 18.5 Å². The summed E-state index contributed by atoms with van der Waals surface area (Å²) in [5.74, 6) is 0.583. The van der Waals surface area contributed by atoms with Crippen LogP contribution < -0.4 is 10.1 Å². The van der Waals surface area contributed by atoms with Crippen molar-refractivity contribution >= 4 is 17.5 Å². The van der Waals surface area contributed by atoms with Crippen molar-refractivity contribution in [2.75, 3.05) is 11.9 Å². The summed E-state index contributed by atoms with van der Waals surface area (Å²) in [5.41, 5.74) is 0.184. The second-order valence-corrected chi connectivity index (χ2v) is 7.23. The molecule has 1 aliphatic heterocycles. The molecule has 2 rings (SSSR count). The molecule has 0 radical (unpaired) electrons. The summed E-state index contributed by atoms with van der Waals surface area (Å²) in [5, 5.41) is 2.85. The number of hydrogen-bond donors (Lipinski definition) is 1. The van der Waals surface area contributed by atoms with Crippen molar-refractivity contribution in [3.8, 4) is 5.75 Å². The summed E-state index contributed by atoms with van der Waals surface area (Å²) in [7, 11) is 0. The van der Waals surface area contributed by atoms with Crippen LogP contribution in [-0.4, -0.2) is 39.9 Å². The van der Waals surface area contributed by atoms with Crippen LogP contribution in [-0.2, 0) is 9.59 Å². The van der Waals surface area contributed by atoms with E-state index >= 15 is 0 Å². The maximum Gasteiger partial charge on any atom is 0.226 e. The molecule has 0 bridgehead atoms. The highest BCUT2D eigenvalue weighted by Gasteiger charge is 2.25. The molecule has 0 saturated carbocycles. The number of carbonyl (C=O) groups excluding carboxylic acids is 2. The lowest BCUT2D eigenvalue weighted by Crippen LogP contribution is -2.43. The Morgan fingerprint density at radius 1 is 1.42 bits per heavy atom. The van der Waals surface area contributed by atoms with Crippen LogP contribution in [0.2, 0.25) is 0 Å². The first kappa shape index (κ1) is 18.2. The van der Waals surface area contributed by atoms with Crippen LogP contribution >= 0.6 is 0 Å². The standard InChI is InChI=1S/C18H27N3O3/c1-13(21-10-6-5-7-17(21)23)11-16(22)20-14-12-19-9-8-15(14)24-18(2,3)4/h8-9,12-13H,5-7,10-11H2,1-4H3,(H,20,22). The van der Waals surface area contributed by atoms with Crippen molar-refractivity contribution in [3.63, 3.8) is 0 Å². The number of carbonyl (C=O) groups is 2. The maximum atomic E-state index is 12.4. The minimum atomic E-state index is -0.367. The average Bonchev–Trinajstić information content (AvgIpc) is 2.48. The molecule has 24 heavy (non-hydrogen) atoms. The van der Waals surface area contributed by atoms with Gasteiger partial charge in [-0.1, -0.05) is 0 Å². The second kappa shape index (κ2) is 7.64. The van der Waals surface area contributed by atoms with Crippen molar-refractivity contribution in [2.45, 2.75) is 65.0 Å². The van der Waals surface area contributed by atoms with Gasteiger partial charge in [-0.2, -0.15) is 0 Å². The zero-order valence-corrected chi connectivity index (χ0v) is 15.0. The minimum absolute atomic E-state index is 0.110. The van der Waals surface area contributed by atoms with Gasteiger partial charge in [-0.25, -0.2) is 0 Å². The first-order valence-electron chi connectivity index (χ1n) is 8.48. The molecule has 2 heterocycles. The van der Waals surface area contributed by atoms with E-state index in [1.165, 1.54) is 0 Å². The smallest absolute Gasteiger partial charge is 0.226 e. The molecule has 0 aromatic carbocycles. The Hall–Kier alpha value is -2.11. The molecule has 1 aliphatic rings. The van der Waals surface area contributed by atoms with Gasteiger partial charge in [-0.3, -0.25) is 14.6 Å². The third-order valence-electron chi connectivity index (χ3n) is 3.84. The van der Waals surface area contributed by atoms with Crippen molar-refractivity contribution in [1.29, 1.82) is 0 Å². The molecule has 1 N–H and O–H groups in total. The molecule has 1 aromatic heterocycles. The van der Waals surface area contributed by atoms with Crippen LogP contribution in [0.1, 0.15) is 53.4 Å². The molecule has 6 heteroatoms. The molecule has 0 spiro atoms. The predicted octanol–water partition coefficient (Wildman–Crippen LogP) is 2.99. The highest BCUT2D eigenvalue weighted by atomic mass is 16.5. The number of nitrogens with zero attached hydrogens (tertiary/aromatic N) is 2. The molecular formula is C18H27N3O3. The van der Waals surface area contributed by atoms with Crippen LogP contribution in [0.15, 0.2) is 18.5 Å². The summed E-state index contributed by atoms with van der Waals surface area (Å²) < 4.78 is 5.85. The largest absolute Gasteiger partial charge is 0.486 e. The first-order chi connectivity index (χ1) is 11.3. The number of piperidine rings is 1. The van der Waals surface area contributed by atoms with E-state index < -0.39 is 0 Å². The quantitative estimate of drug-likeness (QED) is 0.899.